The van der Waals surface area contributed by atoms with Crippen LogP contribution < -0.4 is 10.6 Å². The van der Waals surface area contributed by atoms with Gasteiger partial charge in [-0.25, -0.2) is 4.98 Å². The van der Waals surface area contributed by atoms with Gasteiger partial charge in [-0.1, -0.05) is 6.92 Å². The lowest BCUT2D eigenvalue weighted by Crippen LogP contribution is -2.46. The van der Waals surface area contributed by atoms with Crippen LogP contribution in [0.3, 0.4) is 0 Å². The Morgan fingerprint density at radius 3 is 2.64 bits per heavy atom. The van der Waals surface area contributed by atoms with E-state index in [1.807, 2.05) is 11.3 Å². The van der Waals surface area contributed by atoms with E-state index in [-0.39, 0.29) is 0 Å². The van der Waals surface area contributed by atoms with Gasteiger partial charge >= 0.3 is 0 Å². The van der Waals surface area contributed by atoms with Gasteiger partial charge in [0.15, 0.2) is 5.82 Å². The van der Waals surface area contributed by atoms with Crippen molar-refractivity contribution in [3.05, 3.63) is 10.4 Å². The predicted molar refractivity (Wildman–Crippen MR) is 92.8 cm³/mol. The van der Waals surface area contributed by atoms with Crippen molar-refractivity contribution < 1.29 is 0 Å². The number of anilines is 2. The zero-order chi connectivity index (χ0) is 15.1. The van der Waals surface area contributed by atoms with E-state index in [1.165, 1.54) is 34.4 Å². The first kappa shape index (κ1) is 14.2. The van der Waals surface area contributed by atoms with Crippen molar-refractivity contribution in [2.45, 2.75) is 32.6 Å². The molecule has 0 unspecified atom stereocenters. The summed E-state index contributed by atoms with van der Waals surface area (Å²) in [7, 11) is 0. The standard InChI is InChI=1S/C16H23N5S/c1-2-20-7-9-21(10-8-20)15-14-13(18-16(17)19-15)11-5-3-4-6-12(11)22-14/h2-10H2,1H3,(H2,17,18,19). The number of fused-ring (bicyclic) bond motifs is 3. The van der Waals surface area contributed by atoms with E-state index in [4.69, 9.17) is 5.73 Å². The molecule has 2 aromatic rings. The molecule has 0 radical (unpaired) electrons. The van der Waals surface area contributed by atoms with Crippen LogP contribution in [-0.2, 0) is 12.8 Å². The first-order valence-electron chi connectivity index (χ1n) is 8.31. The molecule has 0 bridgehead atoms. The second-order valence-corrected chi connectivity index (χ2v) is 7.32. The van der Waals surface area contributed by atoms with Gasteiger partial charge in [-0.3, -0.25) is 0 Å². The summed E-state index contributed by atoms with van der Waals surface area (Å²) in [6, 6.07) is 0. The van der Waals surface area contributed by atoms with Gasteiger partial charge in [0.25, 0.3) is 0 Å². The molecule has 0 aromatic carbocycles. The molecule has 2 N–H and O–H groups in total. The highest BCUT2D eigenvalue weighted by molar-refractivity contribution is 7.19. The monoisotopic (exact) mass is 317 g/mol. The van der Waals surface area contributed by atoms with E-state index in [0.717, 1.165) is 50.5 Å². The van der Waals surface area contributed by atoms with E-state index in [1.54, 1.807) is 0 Å². The van der Waals surface area contributed by atoms with Crippen LogP contribution in [0.25, 0.3) is 10.2 Å². The lowest BCUT2D eigenvalue weighted by molar-refractivity contribution is 0.271. The van der Waals surface area contributed by atoms with Crippen LogP contribution in [0, 0.1) is 0 Å². The maximum absolute atomic E-state index is 6.02. The fraction of sp³-hybridized carbons (Fsp3) is 0.625. The van der Waals surface area contributed by atoms with Crippen molar-refractivity contribution in [3.63, 3.8) is 0 Å². The third kappa shape index (κ3) is 2.34. The van der Waals surface area contributed by atoms with Gasteiger partial charge in [0.1, 0.15) is 0 Å². The van der Waals surface area contributed by atoms with Gasteiger partial charge in [-0.05, 0) is 37.8 Å². The number of piperazine rings is 1. The minimum absolute atomic E-state index is 0.423. The Kier molecular flexibility index (Phi) is 3.66. The second-order valence-electron chi connectivity index (χ2n) is 6.22. The highest BCUT2D eigenvalue weighted by Crippen LogP contribution is 2.39. The number of hydrogen-bond acceptors (Lipinski definition) is 6. The Bertz CT molecular complexity index is 687. The van der Waals surface area contributed by atoms with Crippen LogP contribution in [0.4, 0.5) is 11.8 Å². The molecule has 5 nitrogen and oxygen atoms in total. The normalized spacial score (nSPS) is 19.6. The molecule has 1 aliphatic heterocycles. The van der Waals surface area contributed by atoms with E-state index < -0.39 is 0 Å². The predicted octanol–water partition coefficient (Wildman–Crippen LogP) is 2.29. The molecule has 0 amide bonds. The summed E-state index contributed by atoms with van der Waals surface area (Å²) in [6.45, 7) is 7.62. The van der Waals surface area contributed by atoms with E-state index >= 15 is 0 Å². The number of hydrogen-bond donors (Lipinski definition) is 1. The molecule has 1 aliphatic carbocycles. The minimum atomic E-state index is 0.423. The maximum Gasteiger partial charge on any atom is 0.222 e. The molecule has 4 rings (SSSR count). The van der Waals surface area contributed by atoms with E-state index in [0.29, 0.717) is 5.95 Å². The Morgan fingerprint density at radius 1 is 1.09 bits per heavy atom. The Balaban J connectivity index is 1.76. The van der Waals surface area contributed by atoms with Crippen LogP contribution in [0.15, 0.2) is 0 Å². The number of rotatable bonds is 2. The van der Waals surface area contributed by atoms with Gasteiger partial charge in [-0.15, -0.1) is 11.3 Å². The number of thiophene rings is 1. The summed E-state index contributed by atoms with van der Waals surface area (Å²) in [5, 5.41) is 0. The molecule has 0 spiro atoms. The summed E-state index contributed by atoms with van der Waals surface area (Å²) < 4.78 is 1.26. The minimum Gasteiger partial charge on any atom is -0.368 e. The third-order valence-electron chi connectivity index (χ3n) is 4.91. The summed E-state index contributed by atoms with van der Waals surface area (Å²) in [6.07, 6.45) is 4.91. The lowest BCUT2D eigenvalue weighted by Gasteiger charge is -2.34. The average molecular weight is 317 g/mol. The van der Waals surface area contributed by atoms with Crippen LogP contribution in [-0.4, -0.2) is 47.6 Å². The van der Waals surface area contributed by atoms with E-state index in [2.05, 4.69) is 26.7 Å². The first-order valence-corrected chi connectivity index (χ1v) is 9.13. The molecule has 0 saturated carbocycles. The number of likely N-dealkylation sites (N-methyl/N-ethyl adjacent to an activating group) is 1. The lowest BCUT2D eigenvalue weighted by atomic mass is 9.98. The Hall–Kier alpha value is -1.40. The molecular formula is C16H23N5S. The molecule has 1 fully saturated rings. The molecule has 3 heterocycles. The summed E-state index contributed by atoms with van der Waals surface area (Å²) in [5.74, 6) is 1.49. The highest BCUT2D eigenvalue weighted by atomic mass is 32.1. The van der Waals surface area contributed by atoms with Gasteiger partial charge in [0.05, 0.1) is 10.2 Å². The van der Waals surface area contributed by atoms with Crippen molar-refractivity contribution in [1.82, 2.24) is 14.9 Å². The molecule has 1 saturated heterocycles. The number of aromatic nitrogens is 2. The van der Waals surface area contributed by atoms with E-state index in [9.17, 15) is 0 Å². The molecular weight excluding hydrogens is 294 g/mol. The maximum atomic E-state index is 6.02. The van der Waals surface area contributed by atoms with Crippen molar-refractivity contribution in [3.8, 4) is 0 Å². The zero-order valence-corrected chi connectivity index (χ0v) is 14.0. The van der Waals surface area contributed by atoms with Gasteiger partial charge in [-0.2, -0.15) is 4.98 Å². The quantitative estimate of drug-likeness (QED) is 0.921. The van der Waals surface area contributed by atoms with Gasteiger partial charge < -0.3 is 15.5 Å². The number of nitrogens with two attached hydrogens (primary N) is 1. The molecule has 2 aromatic heterocycles. The fourth-order valence-corrected chi connectivity index (χ4v) is 4.95. The molecule has 0 atom stereocenters. The van der Waals surface area contributed by atoms with Crippen molar-refractivity contribution >= 4 is 33.3 Å². The fourth-order valence-electron chi connectivity index (χ4n) is 3.61. The largest absolute Gasteiger partial charge is 0.368 e. The van der Waals surface area contributed by atoms with Crippen LogP contribution in [0.2, 0.25) is 0 Å². The average Bonchev–Trinajstić information content (AvgIpc) is 2.93. The SMILES string of the molecule is CCN1CCN(c2nc(N)nc3c4c(sc23)CCCC4)CC1. The molecule has 22 heavy (non-hydrogen) atoms. The van der Waals surface area contributed by atoms with Crippen LogP contribution in [0.5, 0.6) is 0 Å². The van der Waals surface area contributed by atoms with Gasteiger partial charge in [0.2, 0.25) is 5.95 Å². The number of aryl methyl sites for hydroxylation is 2. The molecule has 6 heteroatoms. The Morgan fingerprint density at radius 2 is 1.86 bits per heavy atom. The second kappa shape index (κ2) is 5.66. The topological polar surface area (TPSA) is 58.3 Å². The zero-order valence-electron chi connectivity index (χ0n) is 13.1. The Labute approximate surface area is 135 Å². The van der Waals surface area contributed by atoms with Crippen molar-refractivity contribution in [2.75, 3.05) is 43.4 Å². The van der Waals surface area contributed by atoms with Crippen LogP contribution in [0.1, 0.15) is 30.2 Å². The molecule has 2 aliphatic rings. The van der Waals surface area contributed by atoms with Gasteiger partial charge in [0, 0.05) is 31.1 Å². The smallest absolute Gasteiger partial charge is 0.222 e. The summed E-state index contributed by atoms with van der Waals surface area (Å²) >= 11 is 1.90. The third-order valence-corrected chi connectivity index (χ3v) is 6.19. The summed E-state index contributed by atoms with van der Waals surface area (Å²) in [4.78, 5) is 15.6. The first-order chi connectivity index (χ1) is 10.8. The summed E-state index contributed by atoms with van der Waals surface area (Å²) in [5.41, 5.74) is 8.59. The highest BCUT2D eigenvalue weighted by Gasteiger charge is 2.24. The van der Waals surface area contributed by atoms with Crippen molar-refractivity contribution in [2.24, 2.45) is 0 Å². The number of nitrogen functional groups attached to an aromatic ring is 1. The molecule has 118 valence electrons. The number of nitrogens with zero attached hydrogens (tertiary/aromatic N) is 4. The van der Waals surface area contributed by atoms with Crippen molar-refractivity contribution in [1.29, 1.82) is 0 Å². The van der Waals surface area contributed by atoms with Crippen LogP contribution >= 0.6 is 11.3 Å².